The van der Waals surface area contributed by atoms with Gasteiger partial charge in [-0.15, -0.1) is 0 Å². The average molecular weight is 452 g/mol. The van der Waals surface area contributed by atoms with E-state index in [2.05, 4.69) is 15.2 Å². The topological polar surface area (TPSA) is 80.2 Å². The number of alkyl halides is 2. The quantitative estimate of drug-likeness (QED) is 0.642. The van der Waals surface area contributed by atoms with Gasteiger partial charge in [-0.1, -0.05) is 23.7 Å². The minimum absolute atomic E-state index is 0.0351. The van der Waals surface area contributed by atoms with Crippen LogP contribution in [0.25, 0.3) is 0 Å². The van der Waals surface area contributed by atoms with Crippen LogP contribution in [0, 0.1) is 5.41 Å². The van der Waals surface area contributed by atoms with Crippen LogP contribution in [0.1, 0.15) is 19.4 Å². The molecule has 0 saturated heterocycles. The smallest absolute Gasteiger partial charge is 0.387 e. The second-order valence-electron chi connectivity index (χ2n) is 6.90. The Morgan fingerprint density at radius 2 is 1.84 bits per heavy atom. The first kappa shape index (κ1) is 22.5. The lowest BCUT2D eigenvalue weighted by Crippen LogP contribution is -2.42. The maximum absolute atomic E-state index is 12.8. The number of carbonyl (C=O) groups excluding carboxylic acids is 2. The Bertz CT molecular complexity index is 983. The predicted octanol–water partition coefficient (Wildman–Crippen LogP) is 4.76. The van der Waals surface area contributed by atoms with Gasteiger partial charge in [-0.25, -0.2) is 9.80 Å². The molecule has 7 nitrogen and oxygen atoms in total. The lowest BCUT2D eigenvalue weighted by Gasteiger charge is -2.24. The third-order valence-corrected chi connectivity index (χ3v) is 4.87. The van der Waals surface area contributed by atoms with Crippen molar-refractivity contribution in [1.29, 1.82) is 0 Å². The van der Waals surface area contributed by atoms with E-state index in [-0.39, 0.29) is 18.9 Å². The largest absolute Gasteiger partial charge is 0.465 e. The summed E-state index contributed by atoms with van der Waals surface area (Å²) in [5.74, 6) is -0.542. The Hall–Kier alpha value is -3.20. The molecule has 0 fully saturated rings. The molecule has 164 valence electrons. The first-order valence-corrected chi connectivity index (χ1v) is 9.76. The van der Waals surface area contributed by atoms with E-state index in [1.165, 1.54) is 24.3 Å². The number of rotatable bonds is 6. The molecule has 0 aliphatic carbocycles. The molecule has 1 unspecified atom stereocenters. The Labute approximate surface area is 182 Å². The van der Waals surface area contributed by atoms with Gasteiger partial charge in [0, 0.05) is 10.7 Å². The molecule has 2 aromatic carbocycles. The highest BCUT2D eigenvalue weighted by Gasteiger charge is 2.48. The first-order valence-electron chi connectivity index (χ1n) is 9.38. The summed E-state index contributed by atoms with van der Waals surface area (Å²) in [5.41, 5.74) is 0.165. The zero-order valence-corrected chi connectivity index (χ0v) is 17.5. The molecular formula is C21H20ClF2N3O4. The molecule has 31 heavy (non-hydrogen) atoms. The van der Waals surface area contributed by atoms with E-state index in [0.717, 1.165) is 5.01 Å². The van der Waals surface area contributed by atoms with Gasteiger partial charge in [-0.3, -0.25) is 4.79 Å². The van der Waals surface area contributed by atoms with Gasteiger partial charge in [0.2, 0.25) is 0 Å². The normalized spacial score (nSPS) is 18.0. The van der Waals surface area contributed by atoms with E-state index >= 15 is 0 Å². The SMILES string of the molecule is CCOC(=O)C1(C)CN(C(=O)Nc2ccc(OC(F)F)cc2)N=C1c1ccc(Cl)cc1. The highest BCUT2D eigenvalue weighted by Crippen LogP contribution is 2.33. The van der Waals surface area contributed by atoms with Crippen molar-refractivity contribution in [2.24, 2.45) is 10.5 Å². The van der Waals surface area contributed by atoms with E-state index in [1.54, 1.807) is 38.1 Å². The maximum atomic E-state index is 12.8. The van der Waals surface area contributed by atoms with Crippen molar-refractivity contribution in [2.45, 2.75) is 20.5 Å². The van der Waals surface area contributed by atoms with Crippen molar-refractivity contribution in [2.75, 3.05) is 18.5 Å². The van der Waals surface area contributed by atoms with Crippen LogP contribution in [-0.2, 0) is 9.53 Å². The number of nitrogens with one attached hydrogen (secondary N) is 1. The molecule has 1 heterocycles. The minimum atomic E-state index is -2.94. The van der Waals surface area contributed by atoms with Crippen LogP contribution in [0.15, 0.2) is 53.6 Å². The first-order chi connectivity index (χ1) is 14.7. The molecule has 1 atom stereocenters. The molecular weight excluding hydrogens is 432 g/mol. The number of nitrogens with zero attached hydrogens (tertiary/aromatic N) is 2. The zero-order chi connectivity index (χ0) is 22.6. The predicted molar refractivity (Wildman–Crippen MR) is 112 cm³/mol. The standard InChI is InChI=1S/C21H20ClF2N3O4/c1-3-30-18(28)21(2)12-27(26-17(21)13-4-6-14(22)7-5-13)20(29)25-15-8-10-16(11-9-15)31-19(23)24/h4-11,19H,3,12H2,1-2H3,(H,25,29). The summed E-state index contributed by atoms with van der Waals surface area (Å²) in [7, 11) is 0. The van der Waals surface area contributed by atoms with Gasteiger partial charge in [0.15, 0.2) is 0 Å². The summed E-state index contributed by atoms with van der Waals surface area (Å²) in [5, 5.41) is 8.64. The molecule has 0 spiro atoms. The lowest BCUT2D eigenvalue weighted by molar-refractivity contribution is -0.150. The second kappa shape index (κ2) is 9.30. The van der Waals surface area contributed by atoms with Crippen molar-refractivity contribution < 1.29 is 27.8 Å². The van der Waals surface area contributed by atoms with E-state index in [1.807, 2.05) is 0 Å². The fourth-order valence-electron chi connectivity index (χ4n) is 3.10. The number of anilines is 1. The summed E-state index contributed by atoms with van der Waals surface area (Å²) in [6.07, 6.45) is 0. The van der Waals surface area contributed by atoms with E-state index < -0.39 is 24.0 Å². The second-order valence-corrected chi connectivity index (χ2v) is 7.34. The van der Waals surface area contributed by atoms with E-state index in [9.17, 15) is 18.4 Å². The molecule has 0 radical (unpaired) electrons. The van der Waals surface area contributed by atoms with Crippen molar-refractivity contribution in [3.8, 4) is 5.75 Å². The molecule has 3 rings (SSSR count). The summed E-state index contributed by atoms with van der Waals surface area (Å²) in [6, 6.07) is 11.6. The van der Waals surface area contributed by atoms with Crippen molar-refractivity contribution >= 4 is 35.0 Å². The zero-order valence-electron chi connectivity index (χ0n) is 16.8. The molecule has 0 saturated carbocycles. The molecule has 10 heteroatoms. The molecule has 1 aliphatic heterocycles. The van der Waals surface area contributed by atoms with Gasteiger partial charge in [-0.05, 0) is 55.8 Å². The fraction of sp³-hybridized carbons (Fsp3) is 0.286. The minimum Gasteiger partial charge on any atom is -0.465 e. The van der Waals surface area contributed by atoms with Gasteiger partial charge >= 0.3 is 18.6 Å². The van der Waals surface area contributed by atoms with Gasteiger partial charge < -0.3 is 14.8 Å². The van der Waals surface area contributed by atoms with Gasteiger partial charge in [-0.2, -0.15) is 13.9 Å². The Morgan fingerprint density at radius 1 is 1.19 bits per heavy atom. The third-order valence-electron chi connectivity index (χ3n) is 4.62. The molecule has 0 bridgehead atoms. The number of benzene rings is 2. The number of halogens is 3. The molecule has 0 aromatic heterocycles. The van der Waals surface area contributed by atoms with Gasteiger partial charge in [0.25, 0.3) is 0 Å². The average Bonchev–Trinajstić information content (AvgIpc) is 3.09. The van der Waals surface area contributed by atoms with Crippen molar-refractivity contribution in [3.05, 3.63) is 59.1 Å². The van der Waals surface area contributed by atoms with Crippen LogP contribution in [0.4, 0.5) is 19.3 Å². The molecule has 2 aromatic rings. The maximum Gasteiger partial charge on any atom is 0.387 e. The van der Waals surface area contributed by atoms with Crippen LogP contribution >= 0.6 is 11.6 Å². The van der Waals surface area contributed by atoms with Crippen molar-refractivity contribution in [3.63, 3.8) is 0 Å². The van der Waals surface area contributed by atoms with Crippen LogP contribution in [-0.4, -0.2) is 42.5 Å². The van der Waals surface area contributed by atoms with E-state index in [0.29, 0.717) is 22.0 Å². The fourth-order valence-corrected chi connectivity index (χ4v) is 3.23. The number of hydrogen-bond acceptors (Lipinski definition) is 5. The number of ether oxygens (including phenoxy) is 2. The summed E-state index contributed by atoms with van der Waals surface area (Å²) in [6.45, 7) is 0.555. The van der Waals surface area contributed by atoms with E-state index in [4.69, 9.17) is 16.3 Å². The Balaban J connectivity index is 1.82. The molecule has 1 N–H and O–H groups in total. The highest BCUT2D eigenvalue weighted by molar-refractivity contribution is 6.30. The Kier molecular flexibility index (Phi) is 6.74. The number of urea groups is 1. The summed E-state index contributed by atoms with van der Waals surface area (Å²) in [4.78, 5) is 25.5. The summed E-state index contributed by atoms with van der Waals surface area (Å²) < 4.78 is 34.0. The van der Waals surface area contributed by atoms with Gasteiger partial charge in [0.1, 0.15) is 11.2 Å². The van der Waals surface area contributed by atoms with Gasteiger partial charge in [0.05, 0.1) is 18.9 Å². The van der Waals surface area contributed by atoms with Crippen LogP contribution in [0.3, 0.4) is 0 Å². The number of hydrazone groups is 1. The molecule has 1 aliphatic rings. The number of amides is 2. The number of esters is 1. The highest BCUT2D eigenvalue weighted by atomic mass is 35.5. The van der Waals surface area contributed by atoms with Crippen LogP contribution in [0.2, 0.25) is 5.02 Å². The van der Waals surface area contributed by atoms with Crippen LogP contribution < -0.4 is 10.1 Å². The van der Waals surface area contributed by atoms with Crippen molar-refractivity contribution in [1.82, 2.24) is 5.01 Å². The molecule has 2 amide bonds. The Morgan fingerprint density at radius 3 is 2.42 bits per heavy atom. The number of hydrogen-bond donors (Lipinski definition) is 1. The number of carbonyl (C=O) groups is 2. The third kappa shape index (κ3) is 5.11. The summed E-state index contributed by atoms with van der Waals surface area (Å²) >= 11 is 5.95. The lowest BCUT2D eigenvalue weighted by atomic mass is 9.82. The van der Waals surface area contributed by atoms with Crippen LogP contribution in [0.5, 0.6) is 5.75 Å². The monoisotopic (exact) mass is 451 g/mol.